The van der Waals surface area contributed by atoms with Crippen LogP contribution in [0.25, 0.3) is 0 Å². The van der Waals surface area contributed by atoms with Crippen molar-refractivity contribution >= 4 is 12.0 Å². The molecular weight excluding hydrogens is 404 g/mol. The van der Waals surface area contributed by atoms with Crippen LogP contribution in [-0.4, -0.2) is 41.7 Å². The van der Waals surface area contributed by atoms with Gasteiger partial charge in [-0.3, -0.25) is 9.63 Å². The van der Waals surface area contributed by atoms with Gasteiger partial charge >= 0.3 is 6.09 Å². The van der Waals surface area contributed by atoms with Crippen molar-refractivity contribution in [3.63, 3.8) is 0 Å². The lowest BCUT2D eigenvalue weighted by Crippen LogP contribution is -2.40. The van der Waals surface area contributed by atoms with Gasteiger partial charge in [0.25, 0.3) is 0 Å². The molecule has 0 N–H and O–H groups in total. The van der Waals surface area contributed by atoms with Crippen LogP contribution >= 0.6 is 0 Å². The molecule has 6 heteroatoms. The van der Waals surface area contributed by atoms with Crippen LogP contribution in [0.5, 0.6) is 0 Å². The first-order valence-electron chi connectivity index (χ1n) is 10.8. The van der Waals surface area contributed by atoms with Gasteiger partial charge in [0.15, 0.2) is 0 Å². The average Bonchev–Trinajstić information content (AvgIpc) is 3.47. The predicted octanol–water partition coefficient (Wildman–Crippen LogP) is 4.36. The van der Waals surface area contributed by atoms with E-state index >= 15 is 0 Å². The molecule has 0 unspecified atom stereocenters. The number of cyclic esters (lactones) is 1. The molecule has 162 valence electrons. The Kier molecular flexibility index (Phi) is 5.71. The molecule has 2 fully saturated rings. The number of hydrogen-bond donors (Lipinski definition) is 0. The molecule has 0 aliphatic carbocycles. The van der Waals surface area contributed by atoms with E-state index in [1.807, 2.05) is 71.8 Å². The van der Waals surface area contributed by atoms with Gasteiger partial charge in [0.1, 0.15) is 6.61 Å². The summed E-state index contributed by atoms with van der Waals surface area (Å²) in [6.07, 6.45) is -0.581. The Bertz CT molecular complexity index is 1040. The average molecular weight is 428 g/mol. The number of carbonyl (C=O) groups excluding carboxylic acids is 2. The van der Waals surface area contributed by atoms with Crippen molar-refractivity contribution in [3.05, 3.63) is 108 Å². The zero-order valence-corrected chi connectivity index (χ0v) is 17.5. The maximum Gasteiger partial charge on any atom is 0.416 e. The summed E-state index contributed by atoms with van der Waals surface area (Å²) in [5.74, 6) is -0.790. The van der Waals surface area contributed by atoms with Crippen LogP contribution in [0.4, 0.5) is 4.79 Å². The summed E-state index contributed by atoms with van der Waals surface area (Å²) < 4.78 is 5.01. The SMILES string of the molecule is O=C1OCCN1C(=O)[C@@H]1CON(C(c2ccccc2)c2ccccc2)[C@@H]1c1ccccc1. The fraction of sp³-hybridized carbons (Fsp3) is 0.231. The van der Waals surface area contributed by atoms with E-state index in [0.29, 0.717) is 0 Å². The van der Waals surface area contributed by atoms with E-state index in [-0.39, 0.29) is 37.7 Å². The molecule has 2 aliphatic heterocycles. The molecule has 3 aromatic rings. The summed E-state index contributed by atoms with van der Waals surface area (Å²) in [4.78, 5) is 33.0. The van der Waals surface area contributed by atoms with Gasteiger partial charge in [-0.25, -0.2) is 9.69 Å². The Hall–Kier alpha value is -3.48. The number of nitrogens with zero attached hydrogens (tertiary/aromatic N) is 2. The van der Waals surface area contributed by atoms with Crippen LogP contribution in [0.1, 0.15) is 28.8 Å². The highest BCUT2D eigenvalue weighted by Gasteiger charge is 2.48. The van der Waals surface area contributed by atoms with E-state index in [4.69, 9.17) is 9.57 Å². The van der Waals surface area contributed by atoms with Crippen molar-refractivity contribution < 1.29 is 19.2 Å². The number of imide groups is 1. The number of rotatable bonds is 5. The third-order valence-corrected chi connectivity index (χ3v) is 6.03. The number of amides is 2. The van der Waals surface area contributed by atoms with Gasteiger partial charge < -0.3 is 4.74 Å². The fourth-order valence-corrected chi connectivity index (χ4v) is 4.54. The lowest BCUT2D eigenvalue weighted by Gasteiger charge is -2.33. The third-order valence-electron chi connectivity index (χ3n) is 6.03. The smallest absolute Gasteiger partial charge is 0.416 e. The molecule has 3 aromatic carbocycles. The third kappa shape index (κ3) is 3.79. The van der Waals surface area contributed by atoms with Crippen molar-refractivity contribution in [2.75, 3.05) is 19.8 Å². The molecule has 0 saturated carbocycles. The second-order valence-corrected chi connectivity index (χ2v) is 7.95. The van der Waals surface area contributed by atoms with E-state index in [0.717, 1.165) is 16.7 Å². The Balaban J connectivity index is 1.58. The molecule has 2 atom stereocenters. The first kappa shape index (κ1) is 20.4. The lowest BCUT2D eigenvalue weighted by molar-refractivity contribution is -0.156. The number of hydrogen-bond acceptors (Lipinski definition) is 5. The first-order chi connectivity index (χ1) is 15.7. The van der Waals surface area contributed by atoms with Crippen LogP contribution in [-0.2, 0) is 14.4 Å². The second-order valence-electron chi connectivity index (χ2n) is 7.95. The molecule has 5 rings (SSSR count). The highest BCUT2D eigenvalue weighted by Crippen LogP contribution is 2.44. The normalized spacial score (nSPS) is 21.2. The molecular formula is C26H24N2O4. The summed E-state index contributed by atoms with van der Waals surface area (Å²) in [5, 5.41) is 1.92. The van der Waals surface area contributed by atoms with Gasteiger partial charge in [-0.1, -0.05) is 91.0 Å². The molecule has 2 aliphatic rings. The Morgan fingerprint density at radius 1 is 0.844 bits per heavy atom. The molecule has 32 heavy (non-hydrogen) atoms. The van der Waals surface area contributed by atoms with Gasteiger partial charge in [-0.2, -0.15) is 5.06 Å². The Morgan fingerprint density at radius 2 is 1.41 bits per heavy atom. The van der Waals surface area contributed by atoms with Gasteiger partial charge in [0.2, 0.25) is 5.91 Å². The molecule has 0 aromatic heterocycles. The van der Waals surface area contributed by atoms with E-state index in [1.165, 1.54) is 4.90 Å². The largest absolute Gasteiger partial charge is 0.447 e. The van der Waals surface area contributed by atoms with Crippen molar-refractivity contribution in [1.82, 2.24) is 9.96 Å². The Labute approximate surface area is 186 Å². The van der Waals surface area contributed by atoms with Gasteiger partial charge in [-0.15, -0.1) is 0 Å². The van der Waals surface area contributed by atoms with E-state index in [9.17, 15) is 9.59 Å². The Morgan fingerprint density at radius 3 is 1.94 bits per heavy atom. The second kappa shape index (κ2) is 8.94. The summed E-state index contributed by atoms with van der Waals surface area (Å²) in [6, 6.07) is 29.5. The predicted molar refractivity (Wildman–Crippen MR) is 118 cm³/mol. The van der Waals surface area contributed by atoms with Crippen LogP contribution in [0.3, 0.4) is 0 Å². The number of hydroxylamine groups is 2. The van der Waals surface area contributed by atoms with Crippen molar-refractivity contribution in [2.45, 2.75) is 12.1 Å². The standard InChI is InChI=1S/C26H24N2O4/c29-25(27-16-17-31-26(27)30)22-18-32-28(24(22)21-14-8-3-9-15-21)23(19-10-4-1-5-11-19)20-12-6-2-7-13-20/h1-15,22-24H,16-18H2/t22-,24-/m1/s1. The minimum atomic E-state index is -0.581. The summed E-state index contributed by atoms with van der Waals surface area (Å²) >= 11 is 0. The lowest BCUT2D eigenvalue weighted by atomic mass is 9.90. The zero-order valence-electron chi connectivity index (χ0n) is 17.5. The zero-order chi connectivity index (χ0) is 21.9. The first-order valence-corrected chi connectivity index (χ1v) is 10.8. The molecule has 0 spiro atoms. The van der Waals surface area contributed by atoms with Crippen molar-refractivity contribution in [2.24, 2.45) is 5.92 Å². The van der Waals surface area contributed by atoms with Gasteiger partial charge in [0, 0.05) is 0 Å². The van der Waals surface area contributed by atoms with Gasteiger partial charge in [0.05, 0.1) is 31.2 Å². The van der Waals surface area contributed by atoms with E-state index < -0.39 is 12.0 Å². The fourth-order valence-electron chi connectivity index (χ4n) is 4.54. The van der Waals surface area contributed by atoms with Crippen LogP contribution in [0.2, 0.25) is 0 Å². The minimum absolute atomic E-state index is 0.193. The maximum atomic E-state index is 13.4. The summed E-state index contributed by atoms with van der Waals surface area (Å²) in [5.41, 5.74) is 3.09. The quantitative estimate of drug-likeness (QED) is 0.604. The monoisotopic (exact) mass is 428 g/mol. The maximum absolute atomic E-state index is 13.4. The summed E-state index contributed by atoms with van der Waals surface area (Å²) in [7, 11) is 0. The molecule has 6 nitrogen and oxygen atoms in total. The van der Waals surface area contributed by atoms with Crippen LogP contribution < -0.4 is 0 Å². The molecule has 2 amide bonds. The number of benzene rings is 3. The highest BCUT2D eigenvalue weighted by atomic mass is 16.7. The number of ether oxygens (including phenoxy) is 1. The van der Waals surface area contributed by atoms with Gasteiger partial charge in [-0.05, 0) is 16.7 Å². The van der Waals surface area contributed by atoms with Crippen molar-refractivity contribution in [1.29, 1.82) is 0 Å². The van der Waals surface area contributed by atoms with Crippen LogP contribution in [0.15, 0.2) is 91.0 Å². The molecule has 2 saturated heterocycles. The number of carbonyl (C=O) groups is 2. The minimum Gasteiger partial charge on any atom is -0.447 e. The topological polar surface area (TPSA) is 59.1 Å². The highest BCUT2D eigenvalue weighted by molar-refractivity contribution is 5.94. The summed E-state index contributed by atoms with van der Waals surface area (Å²) in [6.45, 7) is 0.698. The van der Waals surface area contributed by atoms with Crippen molar-refractivity contribution in [3.8, 4) is 0 Å². The van der Waals surface area contributed by atoms with E-state index in [1.54, 1.807) is 0 Å². The van der Waals surface area contributed by atoms with E-state index in [2.05, 4.69) is 24.3 Å². The molecule has 0 bridgehead atoms. The molecule has 0 radical (unpaired) electrons. The molecule has 2 heterocycles. The van der Waals surface area contributed by atoms with Crippen LogP contribution in [0, 0.1) is 5.92 Å².